The predicted octanol–water partition coefficient (Wildman–Crippen LogP) is -1.38. The van der Waals surface area contributed by atoms with E-state index >= 15 is 0 Å². The second-order valence-corrected chi connectivity index (χ2v) is 3.67. The zero-order valence-electron chi connectivity index (χ0n) is 6.50. The van der Waals surface area contributed by atoms with Gasteiger partial charge in [0.25, 0.3) is 0 Å². The lowest BCUT2D eigenvalue weighted by Crippen LogP contribution is -2.40. The first-order chi connectivity index (χ1) is 5.90. The van der Waals surface area contributed by atoms with E-state index in [0.29, 0.717) is 6.54 Å². The fourth-order valence-electron chi connectivity index (χ4n) is 1.19. The van der Waals surface area contributed by atoms with Crippen LogP contribution in [0.4, 0.5) is 0 Å². The van der Waals surface area contributed by atoms with Crippen LogP contribution in [0.2, 0.25) is 0 Å². The van der Waals surface area contributed by atoms with Crippen molar-refractivity contribution in [3.05, 3.63) is 0 Å². The van der Waals surface area contributed by atoms with Gasteiger partial charge in [-0.2, -0.15) is 8.42 Å². The minimum absolute atomic E-state index is 0.233. The average molecular weight is 211 g/mol. The third-order valence-corrected chi connectivity index (χ3v) is 2.17. The van der Waals surface area contributed by atoms with Gasteiger partial charge in [0.1, 0.15) is 12.1 Å². The van der Waals surface area contributed by atoms with E-state index in [9.17, 15) is 13.2 Å². The van der Waals surface area contributed by atoms with Crippen molar-refractivity contribution in [3.63, 3.8) is 0 Å². The van der Waals surface area contributed by atoms with Gasteiger partial charge in [-0.25, -0.2) is 4.18 Å². The molecule has 1 aliphatic rings. The van der Waals surface area contributed by atoms with E-state index in [-0.39, 0.29) is 6.42 Å². The van der Waals surface area contributed by atoms with Gasteiger partial charge in [0.15, 0.2) is 0 Å². The Morgan fingerprint density at radius 3 is 2.62 bits per heavy atom. The van der Waals surface area contributed by atoms with Crippen LogP contribution in [0, 0.1) is 0 Å². The van der Waals surface area contributed by atoms with Crippen molar-refractivity contribution >= 4 is 16.4 Å². The van der Waals surface area contributed by atoms with Crippen LogP contribution in [-0.4, -0.2) is 42.7 Å². The van der Waals surface area contributed by atoms with Crippen molar-refractivity contribution in [3.8, 4) is 0 Å². The number of carbonyl (C=O) groups is 1. The molecule has 3 N–H and O–H groups in total. The second-order valence-electron chi connectivity index (χ2n) is 2.62. The van der Waals surface area contributed by atoms with E-state index in [1.54, 1.807) is 0 Å². The molecule has 0 bridgehead atoms. The van der Waals surface area contributed by atoms with Crippen LogP contribution >= 0.6 is 0 Å². The molecule has 1 unspecified atom stereocenters. The molecule has 0 saturated carbocycles. The molecule has 0 aromatic rings. The zero-order chi connectivity index (χ0) is 10.1. The molecule has 0 aliphatic carbocycles. The SMILES string of the molecule is O=C(O)[C@H]1NCCC1OS(=O)(=O)O. The summed E-state index contributed by atoms with van der Waals surface area (Å²) in [7, 11) is -4.58. The summed E-state index contributed by atoms with van der Waals surface area (Å²) in [5, 5.41) is 11.1. The van der Waals surface area contributed by atoms with Gasteiger partial charge in [0, 0.05) is 0 Å². The molecule has 7 nitrogen and oxygen atoms in total. The third-order valence-electron chi connectivity index (χ3n) is 1.68. The molecule has 0 spiro atoms. The van der Waals surface area contributed by atoms with Gasteiger partial charge >= 0.3 is 16.4 Å². The van der Waals surface area contributed by atoms with Crippen LogP contribution in [0.5, 0.6) is 0 Å². The maximum absolute atomic E-state index is 10.5. The highest BCUT2D eigenvalue weighted by Crippen LogP contribution is 2.13. The maximum Gasteiger partial charge on any atom is 0.397 e. The molecule has 0 amide bonds. The van der Waals surface area contributed by atoms with E-state index in [4.69, 9.17) is 9.66 Å². The molecule has 1 rings (SSSR count). The van der Waals surface area contributed by atoms with Gasteiger partial charge in [-0.05, 0) is 13.0 Å². The smallest absolute Gasteiger partial charge is 0.397 e. The van der Waals surface area contributed by atoms with Gasteiger partial charge in [-0.1, -0.05) is 0 Å². The first kappa shape index (κ1) is 10.4. The standard InChI is InChI=1S/C5H9NO6S/c7-5(8)4-3(1-2-6-4)12-13(9,10)11/h3-4,6H,1-2H2,(H,7,8)(H,9,10,11)/t3?,4-/m0/s1. The van der Waals surface area contributed by atoms with Crippen molar-refractivity contribution in [2.45, 2.75) is 18.6 Å². The quantitative estimate of drug-likeness (QED) is 0.493. The summed E-state index contributed by atoms with van der Waals surface area (Å²) in [6, 6.07) is -1.08. The minimum Gasteiger partial charge on any atom is -0.480 e. The summed E-state index contributed by atoms with van der Waals surface area (Å²) < 4.78 is 33.0. The van der Waals surface area contributed by atoms with Crippen molar-refractivity contribution in [2.24, 2.45) is 0 Å². The first-order valence-corrected chi connectivity index (χ1v) is 4.88. The summed E-state index contributed by atoms with van der Waals surface area (Å²) >= 11 is 0. The number of aliphatic carboxylic acids is 1. The number of carboxylic acid groups (broad SMARTS) is 1. The lowest BCUT2D eigenvalue weighted by molar-refractivity contribution is -0.140. The highest BCUT2D eigenvalue weighted by molar-refractivity contribution is 7.80. The molecule has 0 aromatic carbocycles. The second kappa shape index (κ2) is 3.58. The summed E-state index contributed by atoms with van der Waals surface area (Å²) in [5.41, 5.74) is 0. The first-order valence-electron chi connectivity index (χ1n) is 3.52. The number of rotatable bonds is 3. The van der Waals surface area contributed by atoms with E-state index in [0.717, 1.165) is 0 Å². The van der Waals surface area contributed by atoms with Gasteiger partial charge in [0.05, 0.1) is 0 Å². The molecular formula is C5H9NO6S. The molecule has 2 atom stereocenters. The Hall–Kier alpha value is -0.700. The van der Waals surface area contributed by atoms with Crippen molar-refractivity contribution in [2.75, 3.05) is 6.54 Å². The normalized spacial score (nSPS) is 29.0. The Kier molecular flexibility index (Phi) is 2.86. The summed E-state index contributed by atoms with van der Waals surface area (Å²) in [5.74, 6) is -1.20. The van der Waals surface area contributed by atoms with Crippen LogP contribution in [0.1, 0.15) is 6.42 Å². The van der Waals surface area contributed by atoms with Crippen molar-refractivity contribution in [1.82, 2.24) is 5.32 Å². The molecule has 76 valence electrons. The van der Waals surface area contributed by atoms with Crippen LogP contribution in [0.25, 0.3) is 0 Å². The van der Waals surface area contributed by atoms with Crippen LogP contribution in [-0.2, 0) is 19.4 Å². The number of hydrogen-bond donors (Lipinski definition) is 3. The molecule has 1 saturated heterocycles. The lowest BCUT2D eigenvalue weighted by atomic mass is 10.2. The average Bonchev–Trinajstić information content (AvgIpc) is 2.31. The topological polar surface area (TPSA) is 113 Å². The van der Waals surface area contributed by atoms with Gasteiger partial charge < -0.3 is 10.4 Å². The molecule has 1 fully saturated rings. The highest BCUT2D eigenvalue weighted by atomic mass is 32.3. The van der Waals surface area contributed by atoms with Crippen molar-refractivity contribution < 1.29 is 27.1 Å². The number of carboxylic acids is 1. The molecular weight excluding hydrogens is 202 g/mol. The fraction of sp³-hybridized carbons (Fsp3) is 0.800. The minimum atomic E-state index is -4.58. The zero-order valence-corrected chi connectivity index (χ0v) is 7.32. The Morgan fingerprint density at radius 2 is 2.15 bits per heavy atom. The predicted molar refractivity (Wildman–Crippen MR) is 40.5 cm³/mol. The summed E-state index contributed by atoms with van der Waals surface area (Å²) in [4.78, 5) is 10.5. The maximum atomic E-state index is 10.5. The van der Waals surface area contributed by atoms with Crippen molar-refractivity contribution in [1.29, 1.82) is 0 Å². The third kappa shape index (κ3) is 2.92. The lowest BCUT2D eigenvalue weighted by Gasteiger charge is -2.12. The Labute approximate surface area is 74.6 Å². The fourth-order valence-corrected chi connectivity index (χ4v) is 1.71. The number of nitrogens with one attached hydrogen (secondary N) is 1. The Morgan fingerprint density at radius 1 is 1.54 bits per heavy atom. The number of hydrogen-bond acceptors (Lipinski definition) is 5. The molecule has 8 heteroatoms. The van der Waals surface area contributed by atoms with E-state index in [1.165, 1.54) is 0 Å². The molecule has 0 aromatic heterocycles. The summed E-state index contributed by atoms with van der Waals surface area (Å²) in [6.45, 7) is 0.344. The molecule has 1 aliphatic heterocycles. The van der Waals surface area contributed by atoms with E-state index in [1.807, 2.05) is 0 Å². The van der Waals surface area contributed by atoms with Crippen LogP contribution in [0.3, 0.4) is 0 Å². The molecule has 13 heavy (non-hydrogen) atoms. The molecule has 0 radical (unpaired) electrons. The highest BCUT2D eigenvalue weighted by Gasteiger charge is 2.36. The van der Waals surface area contributed by atoms with Gasteiger partial charge in [0.2, 0.25) is 0 Å². The largest absolute Gasteiger partial charge is 0.480 e. The van der Waals surface area contributed by atoms with Gasteiger partial charge in [-0.3, -0.25) is 9.35 Å². The Balaban J connectivity index is 2.64. The monoisotopic (exact) mass is 211 g/mol. The Bertz CT molecular complexity index is 298. The summed E-state index contributed by atoms with van der Waals surface area (Å²) in [6.07, 6.45) is -0.802. The van der Waals surface area contributed by atoms with E-state index in [2.05, 4.69) is 9.50 Å². The molecule has 1 heterocycles. The van der Waals surface area contributed by atoms with Gasteiger partial charge in [-0.15, -0.1) is 0 Å². The van der Waals surface area contributed by atoms with E-state index < -0.39 is 28.5 Å². The van der Waals surface area contributed by atoms with Crippen LogP contribution < -0.4 is 5.32 Å². The van der Waals surface area contributed by atoms with Crippen LogP contribution in [0.15, 0.2) is 0 Å².